The monoisotopic (exact) mass is 550 g/mol. The summed E-state index contributed by atoms with van der Waals surface area (Å²) >= 11 is 13.0. The van der Waals surface area contributed by atoms with Crippen molar-refractivity contribution in [2.45, 2.75) is 51.0 Å². The number of carboxylic acid groups (broad SMARTS) is 1. The molecule has 194 valence electrons. The Bertz CT molecular complexity index is 1560. The number of hydrogen-bond acceptors (Lipinski definition) is 6. The minimum atomic E-state index is -1.00. The van der Waals surface area contributed by atoms with Crippen molar-refractivity contribution in [3.63, 3.8) is 0 Å². The van der Waals surface area contributed by atoms with Crippen molar-refractivity contribution >= 4 is 29.2 Å². The summed E-state index contributed by atoms with van der Waals surface area (Å²) in [4.78, 5) is 16.3. The van der Waals surface area contributed by atoms with Gasteiger partial charge in [0, 0.05) is 23.0 Å². The van der Waals surface area contributed by atoms with Crippen LogP contribution in [0.3, 0.4) is 0 Å². The minimum Gasteiger partial charge on any atom is -0.478 e. The van der Waals surface area contributed by atoms with E-state index in [1.807, 2.05) is 6.07 Å². The lowest BCUT2D eigenvalue weighted by molar-refractivity contribution is 0.0696. The molecule has 0 amide bonds. The zero-order valence-corrected chi connectivity index (χ0v) is 22.3. The normalized spacial score (nSPS) is 15.7. The summed E-state index contributed by atoms with van der Waals surface area (Å²) in [5.41, 5.74) is 3.43. The molecule has 1 aliphatic heterocycles. The lowest BCUT2D eigenvalue weighted by Crippen LogP contribution is -2.21. The summed E-state index contributed by atoms with van der Waals surface area (Å²) in [5.74, 6) is 1.61. The molecule has 0 spiro atoms. The maximum absolute atomic E-state index is 11.5. The third-order valence-corrected chi connectivity index (χ3v) is 7.60. The fourth-order valence-electron chi connectivity index (χ4n) is 4.88. The van der Waals surface area contributed by atoms with E-state index in [4.69, 9.17) is 42.2 Å². The summed E-state index contributed by atoms with van der Waals surface area (Å²) in [6, 6.07) is 13.8. The Morgan fingerprint density at radius 2 is 1.87 bits per heavy atom. The number of benzene rings is 2. The van der Waals surface area contributed by atoms with Crippen molar-refractivity contribution < 1.29 is 23.9 Å². The molecule has 0 bridgehead atoms. The quantitative estimate of drug-likeness (QED) is 0.261. The van der Waals surface area contributed by atoms with Crippen molar-refractivity contribution in [2.75, 3.05) is 0 Å². The fraction of sp³-hybridized carbons (Fsp3) is 0.276. The van der Waals surface area contributed by atoms with Crippen molar-refractivity contribution in [3.8, 4) is 28.6 Å². The second-order valence-electron chi connectivity index (χ2n) is 10.3. The number of ether oxygens (including phenoxy) is 2. The summed E-state index contributed by atoms with van der Waals surface area (Å²) in [6.07, 6.45) is 2.69. The van der Waals surface area contributed by atoms with Crippen LogP contribution >= 0.6 is 23.2 Å². The van der Waals surface area contributed by atoms with Crippen LogP contribution in [0.25, 0.3) is 11.3 Å². The van der Waals surface area contributed by atoms with E-state index in [0.29, 0.717) is 51.0 Å². The maximum Gasteiger partial charge on any atom is 0.335 e. The van der Waals surface area contributed by atoms with Crippen molar-refractivity contribution in [2.24, 2.45) is 0 Å². The third-order valence-electron chi connectivity index (χ3n) is 6.97. The van der Waals surface area contributed by atoms with Crippen LogP contribution in [-0.2, 0) is 18.4 Å². The highest BCUT2D eigenvalue weighted by Crippen LogP contribution is 2.47. The average molecular weight is 551 g/mol. The van der Waals surface area contributed by atoms with Crippen LogP contribution in [0, 0.1) is 0 Å². The highest BCUT2D eigenvalue weighted by atomic mass is 35.5. The van der Waals surface area contributed by atoms with Gasteiger partial charge in [-0.3, -0.25) is 0 Å². The summed E-state index contributed by atoms with van der Waals surface area (Å²) in [5, 5.41) is 14.7. The van der Waals surface area contributed by atoms with E-state index in [9.17, 15) is 9.90 Å². The van der Waals surface area contributed by atoms with Gasteiger partial charge >= 0.3 is 5.97 Å². The lowest BCUT2D eigenvalue weighted by Gasteiger charge is -2.23. The Balaban J connectivity index is 1.32. The van der Waals surface area contributed by atoms with Gasteiger partial charge in [0.2, 0.25) is 5.88 Å². The molecule has 6 rings (SSSR count). The number of carboxylic acids is 1. The van der Waals surface area contributed by atoms with Gasteiger partial charge < -0.3 is 19.1 Å². The van der Waals surface area contributed by atoms with Gasteiger partial charge in [-0.25, -0.2) is 9.78 Å². The van der Waals surface area contributed by atoms with Gasteiger partial charge in [0.1, 0.15) is 29.6 Å². The second-order valence-corrected chi connectivity index (χ2v) is 11.1. The van der Waals surface area contributed by atoms with Crippen LogP contribution in [0.1, 0.15) is 65.5 Å². The molecule has 4 aromatic rings. The molecule has 2 aromatic carbocycles. The van der Waals surface area contributed by atoms with Crippen LogP contribution in [0.2, 0.25) is 10.0 Å². The molecule has 3 heterocycles. The molecule has 1 saturated carbocycles. The summed E-state index contributed by atoms with van der Waals surface area (Å²) in [7, 11) is 0. The Morgan fingerprint density at radius 3 is 2.58 bits per heavy atom. The molecule has 2 aromatic heterocycles. The zero-order chi connectivity index (χ0) is 26.6. The predicted molar refractivity (Wildman–Crippen MR) is 143 cm³/mol. The highest BCUT2D eigenvalue weighted by molar-refractivity contribution is 6.39. The number of hydrogen-bond donors (Lipinski definition) is 1. The number of rotatable bonds is 6. The van der Waals surface area contributed by atoms with E-state index in [-0.39, 0.29) is 12.2 Å². The molecule has 0 unspecified atom stereocenters. The van der Waals surface area contributed by atoms with E-state index in [1.165, 1.54) is 0 Å². The topological polar surface area (TPSA) is 94.7 Å². The van der Waals surface area contributed by atoms with E-state index in [1.54, 1.807) is 42.5 Å². The molecule has 38 heavy (non-hydrogen) atoms. The number of halogens is 2. The summed E-state index contributed by atoms with van der Waals surface area (Å²) < 4.78 is 18.1. The van der Waals surface area contributed by atoms with Crippen LogP contribution in [0.5, 0.6) is 17.4 Å². The first-order valence-corrected chi connectivity index (χ1v) is 13.1. The van der Waals surface area contributed by atoms with Crippen molar-refractivity contribution in [3.05, 3.63) is 86.7 Å². The van der Waals surface area contributed by atoms with Gasteiger partial charge in [-0.15, -0.1) is 0 Å². The molecule has 2 aliphatic rings. The molecule has 0 atom stereocenters. The third kappa shape index (κ3) is 4.50. The van der Waals surface area contributed by atoms with Crippen molar-refractivity contribution in [1.82, 2.24) is 10.1 Å². The predicted octanol–water partition coefficient (Wildman–Crippen LogP) is 7.82. The number of fused-ring (bicyclic) bond motifs is 2. The summed E-state index contributed by atoms with van der Waals surface area (Å²) in [6.45, 7) is 4.34. The Kier molecular flexibility index (Phi) is 6.08. The number of aromatic nitrogens is 2. The standard InChI is InChI=1S/C29H24Cl2N2O5/c1-29(2)13-17-9-8-16(28(34)35)12-22(17)37-21-10-11-23(32-27(21)29)36-14-18-25(33-38-26(18)15-6-7-15)24-19(30)4-3-5-20(24)31/h3-5,8-12,15H,6-7,13-14H2,1-2H3,(H,34,35). The highest BCUT2D eigenvalue weighted by Gasteiger charge is 2.35. The van der Waals surface area contributed by atoms with E-state index in [2.05, 4.69) is 19.0 Å². The van der Waals surface area contributed by atoms with Gasteiger partial charge in [-0.1, -0.05) is 54.3 Å². The molecule has 1 N–H and O–H groups in total. The maximum atomic E-state index is 11.5. The number of nitrogens with zero attached hydrogens (tertiary/aromatic N) is 2. The molecule has 7 nitrogen and oxygen atoms in total. The molecular formula is C29H24Cl2N2O5. The van der Waals surface area contributed by atoms with Crippen LogP contribution in [-0.4, -0.2) is 21.2 Å². The minimum absolute atomic E-state index is 0.174. The lowest BCUT2D eigenvalue weighted by atomic mass is 9.82. The fourth-order valence-corrected chi connectivity index (χ4v) is 5.45. The Labute approximate surface area is 229 Å². The van der Waals surface area contributed by atoms with Gasteiger partial charge in [-0.05, 0) is 55.2 Å². The number of carbonyl (C=O) groups is 1. The van der Waals surface area contributed by atoms with Crippen LogP contribution in [0.15, 0.2) is 53.1 Å². The van der Waals surface area contributed by atoms with Crippen molar-refractivity contribution in [1.29, 1.82) is 0 Å². The van der Waals surface area contributed by atoms with Gasteiger partial charge in [0.05, 0.1) is 26.9 Å². The van der Waals surface area contributed by atoms with Gasteiger partial charge in [-0.2, -0.15) is 0 Å². The smallest absolute Gasteiger partial charge is 0.335 e. The van der Waals surface area contributed by atoms with E-state index < -0.39 is 11.4 Å². The first-order chi connectivity index (χ1) is 18.2. The molecule has 0 saturated heterocycles. The largest absolute Gasteiger partial charge is 0.478 e. The SMILES string of the molecule is CC1(C)Cc2ccc(C(=O)O)cc2Oc2ccc(OCc3c(-c4c(Cl)cccc4Cl)noc3C3CC3)nc21. The Hall–Kier alpha value is -3.55. The average Bonchev–Trinajstić information content (AvgIpc) is 3.65. The molecule has 9 heteroatoms. The molecular weight excluding hydrogens is 527 g/mol. The molecule has 1 fully saturated rings. The first-order valence-electron chi connectivity index (χ1n) is 12.3. The number of pyridine rings is 1. The van der Waals surface area contributed by atoms with E-state index in [0.717, 1.165) is 35.4 Å². The van der Waals surface area contributed by atoms with E-state index >= 15 is 0 Å². The van der Waals surface area contributed by atoms with Crippen LogP contribution < -0.4 is 9.47 Å². The van der Waals surface area contributed by atoms with Crippen LogP contribution in [0.4, 0.5) is 0 Å². The van der Waals surface area contributed by atoms with Gasteiger partial charge in [0.25, 0.3) is 0 Å². The molecule has 1 aliphatic carbocycles. The Morgan fingerprint density at radius 1 is 1.11 bits per heavy atom. The first kappa shape index (κ1) is 24.8. The van der Waals surface area contributed by atoms with Gasteiger partial charge in [0.15, 0.2) is 0 Å². The number of aromatic carboxylic acids is 1. The second kappa shape index (κ2) is 9.33. The molecule has 0 radical (unpaired) electrons. The zero-order valence-electron chi connectivity index (χ0n) is 20.8.